The van der Waals surface area contributed by atoms with Crippen LogP contribution in [0.5, 0.6) is 11.5 Å². The third kappa shape index (κ3) is 4.66. The highest BCUT2D eigenvalue weighted by Crippen LogP contribution is 2.36. The van der Waals surface area contributed by atoms with Crippen molar-refractivity contribution in [1.82, 2.24) is 5.32 Å². The maximum absolute atomic E-state index is 6.11. The lowest BCUT2D eigenvalue weighted by Gasteiger charge is -2.13. The molecule has 0 amide bonds. The number of ether oxygens (including phenoxy) is 2. The Balaban J connectivity index is 0.00000289. The Bertz CT molecular complexity index is 416. The van der Waals surface area contributed by atoms with E-state index in [9.17, 15) is 0 Å². The van der Waals surface area contributed by atoms with Crippen molar-refractivity contribution in [3.63, 3.8) is 0 Å². The fraction of sp³-hybridized carbons (Fsp3) is 0.385. The molecule has 1 aromatic carbocycles. The maximum atomic E-state index is 6.11. The van der Waals surface area contributed by atoms with Gasteiger partial charge in [-0.05, 0) is 24.6 Å². The predicted molar refractivity (Wildman–Crippen MR) is 77.0 cm³/mol. The van der Waals surface area contributed by atoms with E-state index in [4.69, 9.17) is 27.5 Å². The standard InChI is InChI=1S/C13H16ClNO2.ClH/c1-4-6-15-9-10-7-11(14)13(16-3)12(8-10)17-5-2;/h1,7-8,15H,5-6,9H2,2-3H3;1H. The van der Waals surface area contributed by atoms with E-state index in [1.54, 1.807) is 7.11 Å². The van der Waals surface area contributed by atoms with Crippen LogP contribution in [0.15, 0.2) is 12.1 Å². The summed E-state index contributed by atoms with van der Waals surface area (Å²) in [6.07, 6.45) is 5.16. The number of hydrogen-bond acceptors (Lipinski definition) is 3. The van der Waals surface area contributed by atoms with Crippen LogP contribution in [-0.2, 0) is 6.54 Å². The highest BCUT2D eigenvalue weighted by Gasteiger charge is 2.10. The molecule has 0 heterocycles. The minimum atomic E-state index is 0. The van der Waals surface area contributed by atoms with Crippen LogP contribution in [-0.4, -0.2) is 20.3 Å². The van der Waals surface area contributed by atoms with Crippen LogP contribution < -0.4 is 14.8 Å². The highest BCUT2D eigenvalue weighted by molar-refractivity contribution is 6.32. The Hall–Kier alpha value is -1.08. The maximum Gasteiger partial charge on any atom is 0.179 e. The molecule has 0 atom stereocenters. The summed E-state index contributed by atoms with van der Waals surface area (Å²) in [6.45, 7) is 3.64. The average molecular weight is 290 g/mol. The van der Waals surface area contributed by atoms with Crippen molar-refractivity contribution < 1.29 is 9.47 Å². The predicted octanol–water partition coefficient (Wildman–Crippen LogP) is 2.89. The monoisotopic (exact) mass is 289 g/mol. The molecule has 0 saturated heterocycles. The Kier molecular flexibility index (Phi) is 8.40. The lowest BCUT2D eigenvalue weighted by molar-refractivity contribution is 0.310. The van der Waals surface area contributed by atoms with Crippen molar-refractivity contribution in [3.05, 3.63) is 22.7 Å². The second kappa shape index (κ2) is 8.93. The summed E-state index contributed by atoms with van der Waals surface area (Å²) >= 11 is 6.11. The zero-order chi connectivity index (χ0) is 12.7. The molecular formula is C13H17Cl2NO2. The first kappa shape index (κ1) is 16.9. The molecule has 1 rings (SSSR count). The van der Waals surface area contributed by atoms with Gasteiger partial charge in [-0.25, -0.2) is 0 Å². The van der Waals surface area contributed by atoms with Crippen molar-refractivity contribution in [1.29, 1.82) is 0 Å². The van der Waals surface area contributed by atoms with Gasteiger partial charge in [-0.3, -0.25) is 0 Å². The van der Waals surface area contributed by atoms with Crippen LogP contribution in [0.4, 0.5) is 0 Å². The SMILES string of the molecule is C#CCNCc1cc(Cl)c(OC)c(OCC)c1.Cl. The molecule has 0 fully saturated rings. The summed E-state index contributed by atoms with van der Waals surface area (Å²) in [5, 5.41) is 3.63. The van der Waals surface area contributed by atoms with E-state index in [1.807, 2.05) is 19.1 Å². The summed E-state index contributed by atoms with van der Waals surface area (Å²) in [5.41, 5.74) is 1.01. The van der Waals surface area contributed by atoms with Gasteiger partial charge in [0, 0.05) is 6.54 Å². The molecule has 100 valence electrons. The zero-order valence-electron chi connectivity index (χ0n) is 10.5. The van der Waals surface area contributed by atoms with Gasteiger partial charge in [-0.15, -0.1) is 18.8 Å². The molecule has 0 aliphatic rings. The Morgan fingerprint density at radius 3 is 2.72 bits per heavy atom. The molecule has 18 heavy (non-hydrogen) atoms. The highest BCUT2D eigenvalue weighted by atomic mass is 35.5. The topological polar surface area (TPSA) is 30.5 Å². The third-order valence-electron chi connectivity index (χ3n) is 2.13. The number of benzene rings is 1. The van der Waals surface area contributed by atoms with Gasteiger partial charge in [0.05, 0.1) is 25.3 Å². The number of rotatable bonds is 6. The fourth-order valence-corrected chi connectivity index (χ4v) is 1.77. The first-order valence-corrected chi connectivity index (χ1v) is 5.74. The van der Waals surface area contributed by atoms with Crippen LogP contribution in [0, 0.1) is 12.3 Å². The van der Waals surface area contributed by atoms with E-state index in [0.29, 0.717) is 36.2 Å². The Morgan fingerprint density at radius 2 is 2.17 bits per heavy atom. The van der Waals surface area contributed by atoms with Crippen LogP contribution >= 0.6 is 24.0 Å². The van der Waals surface area contributed by atoms with Gasteiger partial charge in [-0.1, -0.05) is 17.5 Å². The van der Waals surface area contributed by atoms with Crippen LogP contribution in [0.25, 0.3) is 0 Å². The number of terminal acetylenes is 1. The third-order valence-corrected chi connectivity index (χ3v) is 2.41. The summed E-state index contributed by atoms with van der Waals surface area (Å²) in [5.74, 6) is 3.73. The van der Waals surface area contributed by atoms with Crippen molar-refractivity contribution in [2.24, 2.45) is 0 Å². The number of nitrogens with one attached hydrogen (secondary N) is 1. The smallest absolute Gasteiger partial charge is 0.179 e. The molecule has 0 saturated carbocycles. The van der Waals surface area contributed by atoms with Crippen molar-refractivity contribution in [2.75, 3.05) is 20.3 Å². The Morgan fingerprint density at radius 1 is 1.44 bits per heavy atom. The molecule has 0 aromatic heterocycles. The van der Waals surface area contributed by atoms with Gasteiger partial charge in [0.25, 0.3) is 0 Å². The van der Waals surface area contributed by atoms with Gasteiger partial charge in [-0.2, -0.15) is 0 Å². The number of methoxy groups -OCH3 is 1. The van der Waals surface area contributed by atoms with E-state index < -0.39 is 0 Å². The normalized spacial score (nSPS) is 9.22. The van der Waals surface area contributed by atoms with E-state index in [0.717, 1.165) is 5.56 Å². The number of halogens is 2. The van der Waals surface area contributed by atoms with Gasteiger partial charge < -0.3 is 14.8 Å². The Labute approximate surface area is 119 Å². The minimum absolute atomic E-state index is 0. The lowest BCUT2D eigenvalue weighted by atomic mass is 10.2. The molecule has 0 radical (unpaired) electrons. The van der Waals surface area contributed by atoms with Crippen molar-refractivity contribution in [3.8, 4) is 23.8 Å². The summed E-state index contributed by atoms with van der Waals surface area (Å²) < 4.78 is 10.7. The van der Waals surface area contributed by atoms with E-state index in [1.165, 1.54) is 0 Å². The largest absolute Gasteiger partial charge is 0.491 e. The number of hydrogen-bond donors (Lipinski definition) is 1. The first-order valence-electron chi connectivity index (χ1n) is 5.36. The fourth-order valence-electron chi connectivity index (χ4n) is 1.46. The zero-order valence-corrected chi connectivity index (χ0v) is 12.0. The minimum Gasteiger partial charge on any atom is -0.491 e. The van der Waals surface area contributed by atoms with Crippen LogP contribution in [0.2, 0.25) is 5.02 Å². The van der Waals surface area contributed by atoms with Gasteiger partial charge in [0.2, 0.25) is 0 Å². The second-order valence-electron chi connectivity index (χ2n) is 3.35. The molecular weight excluding hydrogens is 273 g/mol. The van der Waals surface area contributed by atoms with Crippen LogP contribution in [0.1, 0.15) is 12.5 Å². The average Bonchev–Trinajstić information content (AvgIpc) is 2.30. The van der Waals surface area contributed by atoms with E-state index in [-0.39, 0.29) is 12.4 Å². The molecule has 1 aromatic rings. The van der Waals surface area contributed by atoms with Crippen LogP contribution in [0.3, 0.4) is 0 Å². The molecule has 5 heteroatoms. The van der Waals surface area contributed by atoms with Crippen molar-refractivity contribution in [2.45, 2.75) is 13.5 Å². The summed E-state index contributed by atoms with van der Waals surface area (Å²) in [4.78, 5) is 0. The molecule has 0 bridgehead atoms. The summed E-state index contributed by atoms with van der Waals surface area (Å²) in [6, 6.07) is 3.74. The lowest BCUT2D eigenvalue weighted by Crippen LogP contribution is -2.13. The molecule has 0 spiro atoms. The van der Waals surface area contributed by atoms with Gasteiger partial charge in [0.15, 0.2) is 11.5 Å². The second-order valence-corrected chi connectivity index (χ2v) is 3.76. The quantitative estimate of drug-likeness (QED) is 0.645. The molecule has 0 aliphatic heterocycles. The molecule has 1 N–H and O–H groups in total. The molecule has 0 unspecified atom stereocenters. The first-order chi connectivity index (χ1) is 8.22. The summed E-state index contributed by atoms with van der Waals surface area (Å²) in [7, 11) is 1.57. The molecule has 0 aliphatic carbocycles. The van der Waals surface area contributed by atoms with E-state index in [2.05, 4.69) is 11.2 Å². The van der Waals surface area contributed by atoms with Crippen molar-refractivity contribution >= 4 is 24.0 Å². The molecule has 3 nitrogen and oxygen atoms in total. The van der Waals surface area contributed by atoms with Gasteiger partial charge >= 0.3 is 0 Å². The van der Waals surface area contributed by atoms with Gasteiger partial charge in [0.1, 0.15) is 0 Å². The van der Waals surface area contributed by atoms with E-state index >= 15 is 0 Å².